The SMILES string of the molecule is COc1cc(N(C2CC2)C2CCN(c3ncnc4c3COCC4)CC2)ncn1. The molecule has 1 aliphatic carbocycles. The van der Waals surface area contributed by atoms with Gasteiger partial charge in [0.1, 0.15) is 24.3 Å². The molecule has 28 heavy (non-hydrogen) atoms. The van der Waals surface area contributed by atoms with E-state index in [1.54, 1.807) is 19.8 Å². The van der Waals surface area contributed by atoms with Gasteiger partial charge in [-0.15, -0.1) is 0 Å². The molecule has 5 rings (SSSR count). The molecule has 0 radical (unpaired) electrons. The number of anilines is 2. The molecule has 3 aliphatic rings. The average Bonchev–Trinajstić information content (AvgIpc) is 3.59. The highest BCUT2D eigenvalue weighted by Gasteiger charge is 2.37. The van der Waals surface area contributed by atoms with E-state index >= 15 is 0 Å². The van der Waals surface area contributed by atoms with Gasteiger partial charge in [0.2, 0.25) is 5.88 Å². The van der Waals surface area contributed by atoms with Gasteiger partial charge in [0.05, 0.1) is 26.0 Å². The topological polar surface area (TPSA) is 76.5 Å². The summed E-state index contributed by atoms with van der Waals surface area (Å²) >= 11 is 0. The van der Waals surface area contributed by atoms with Crippen LogP contribution in [0.25, 0.3) is 0 Å². The number of methoxy groups -OCH3 is 1. The van der Waals surface area contributed by atoms with Crippen LogP contribution in [0.1, 0.15) is 36.9 Å². The van der Waals surface area contributed by atoms with Crippen molar-refractivity contribution >= 4 is 11.6 Å². The number of rotatable bonds is 5. The Balaban J connectivity index is 1.32. The lowest BCUT2D eigenvalue weighted by Gasteiger charge is -2.40. The summed E-state index contributed by atoms with van der Waals surface area (Å²) in [6, 6.07) is 3.04. The fourth-order valence-electron chi connectivity index (χ4n) is 4.38. The molecule has 8 nitrogen and oxygen atoms in total. The fourth-order valence-corrected chi connectivity index (χ4v) is 4.38. The van der Waals surface area contributed by atoms with Crippen LogP contribution in [0.2, 0.25) is 0 Å². The maximum Gasteiger partial charge on any atom is 0.218 e. The molecule has 0 unspecified atom stereocenters. The summed E-state index contributed by atoms with van der Waals surface area (Å²) in [6.45, 7) is 3.35. The molecule has 0 atom stereocenters. The van der Waals surface area contributed by atoms with Gasteiger partial charge < -0.3 is 19.3 Å². The molecule has 2 aliphatic heterocycles. The molecule has 4 heterocycles. The summed E-state index contributed by atoms with van der Waals surface area (Å²) in [7, 11) is 1.65. The summed E-state index contributed by atoms with van der Waals surface area (Å²) in [5.74, 6) is 2.67. The maximum atomic E-state index is 5.67. The Labute approximate surface area is 164 Å². The highest BCUT2D eigenvalue weighted by Crippen LogP contribution is 2.37. The molecule has 0 bridgehead atoms. The van der Waals surface area contributed by atoms with E-state index in [1.165, 1.54) is 18.4 Å². The first kappa shape index (κ1) is 17.6. The first-order valence-corrected chi connectivity index (χ1v) is 10.1. The minimum absolute atomic E-state index is 0.484. The Morgan fingerprint density at radius 1 is 1.04 bits per heavy atom. The number of hydrogen-bond donors (Lipinski definition) is 0. The number of hydrogen-bond acceptors (Lipinski definition) is 8. The molecule has 2 fully saturated rings. The first-order valence-electron chi connectivity index (χ1n) is 10.1. The third-order valence-corrected chi connectivity index (χ3v) is 5.94. The van der Waals surface area contributed by atoms with Crippen molar-refractivity contribution in [3.05, 3.63) is 30.0 Å². The molecule has 0 aromatic carbocycles. The second-order valence-electron chi connectivity index (χ2n) is 7.70. The minimum atomic E-state index is 0.484. The van der Waals surface area contributed by atoms with Crippen molar-refractivity contribution in [2.75, 3.05) is 36.6 Å². The smallest absolute Gasteiger partial charge is 0.218 e. The Kier molecular flexibility index (Phi) is 4.72. The van der Waals surface area contributed by atoms with E-state index < -0.39 is 0 Å². The van der Waals surface area contributed by atoms with E-state index in [4.69, 9.17) is 9.47 Å². The largest absolute Gasteiger partial charge is 0.481 e. The summed E-state index contributed by atoms with van der Waals surface area (Å²) < 4.78 is 11.0. The van der Waals surface area contributed by atoms with Gasteiger partial charge in [-0.3, -0.25) is 0 Å². The zero-order chi connectivity index (χ0) is 18.9. The number of fused-ring (bicyclic) bond motifs is 1. The molecule has 0 N–H and O–H groups in total. The van der Waals surface area contributed by atoms with E-state index in [2.05, 4.69) is 29.7 Å². The zero-order valence-electron chi connectivity index (χ0n) is 16.3. The van der Waals surface area contributed by atoms with Crippen LogP contribution in [0.5, 0.6) is 5.88 Å². The average molecular weight is 382 g/mol. The Morgan fingerprint density at radius 3 is 2.61 bits per heavy atom. The van der Waals surface area contributed by atoms with Crippen molar-refractivity contribution in [2.24, 2.45) is 0 Å². The van der Waals surface area contributed by atoms with Crippen molar-refractivity contribution < 1.29 is 9.47 Å². The minimum Gasteiger partial charge on any atom is -0.481 e. The first-order chi connectivity index (χ1) is 13.8. The zero-order valence-corrected chi connectivity index (χ0v) is 16.3. The Morgan fingerprint density at radius 2 is 1.82 bits per heavy atom. The summed E-state index contributed by atoms with van der Waals surface area (Å²) in [5, 5.41) is 0. The Hall–Kier alpha value is -2.48. The number of aromatic nitrogens is 4. The molecule has 8 heteroatoms. The van der Waals surface area contributed by atoms with E-state index in [1.807, 2.05) is 6.07 Å². The van der Waals surface area contributed by atoms with Crippen LogP contribution in [-0.2, 0) is 17.8 Å². The Bertz CT molecular complexity index is 835. The molecular weight excluding hydrogens is 356 g/mol. The number of nitrogens with zero attached hydrogens (tertiary/aromatic N) is 6. The maximum absolute atomic E-state index is 5.67. The molecular formula is C20H26N6O2. The van der Waals surface area contributed by atoms with Gasteiger partial charge in [-0.1, -0.05) is 0 Å². The third kappa shape index (κ3) is 3.37. The normalized spacial score (nSPS) is 20.0. The second kappa shape index (κ2) is 7.50. The third-order valence-electron chi connectivity index (χ3n) is 5.94. The summed E-state index contributed by atoms with van der Waals surface area (Å²) in [4.78, 5) is 22.7. The summed E-state index contributed by atoms with van der Waals surface area (Å²) in [5.41, 5.74) is 2.32. The molecule has 1 saturated heterocycles. The van der Waals surface area contributed by atoms with E-state index in [0.717, 1.165) is 56.3 Å². The standard InChI is InChI=1S/C20H26N6O2/c1-27-19-10-18(22-13-23-19)26(14-2-3-14)15-4-7-25(8-5-15)20-16-11-28-9-6-17(16)21-12-24-20/h10,12-15H,2-9,11H2,1H3. The van der Waals surface area contributed by atoms with Gasteiger partial charge in [-0.25, -0.2) is 19.9 Å². The number of ether oxygens (including phenoxy) is 2. The van der Waals surface area contributed by atoms with Gasteiger partial charge in [0.25, 0.3) is 0 Å². The van der Waals surface area contributed by atoms with Gasteiger partial charge >= 0.3 is 0 Å². The van der Waals surface area contributed by atoms with Gasteiger partial charge in [0, 0.05) is 43.2 Å². The lowest BCUT2D eigenvalue weighted by molar-refractivity contribution is 0.109. The second-order valence-corrected chi connectivity index (χ2v) is 7.70. The van der Waals surface area contributed by atoms with E-state index in [0.29, 0.717) is 24.6 Å². The molecule has 2 aromatic rings. The van der Waals surface area contributed by atoms with Crippen molar-refractivity contribution in [1.29, 1.82) is 0 Å². The highest BCUT2D eigenvalue weighted by molar-refractivity contribution is 5.50. The molecule has 148 valence electrons. The van der Waals surface area contributed by atoms with Crippen LogP contribution < -0.4 is 14.5 Å². The van der Waals surface area contributed by atoms with Crippen LogP contribution in [0.15, 0.2) is 18.7 Å². The van der Waals surface area contributed by atoms with Crippen molar-refractivity contribution in [3.63, 3.8) is 0 Å². The predicted octanol–water partition coefficient (Wildman–Crippen LogP) is 1.99. The fraction of sp³-hybridized carbons (Fsp3) is 0.600. The van der Waals surface area contributed by atoms with E-state index in [-0.39, 0.29) is 0 Å². The van der Waals surface area contributed by atoms with E-state index in [9.17, 15) is 0 Å². The van der Waals surface area contributed by atoms with Crippen LogP contribution in [0, 0.1) is 0 Å². The number of piperidine rings is 1. The van der Waals surface area contributed by atoms with Crippen LogP contribution in [0.4, 0.5) is 11.6 Å². The molecule has 2 aromatic heterocycles. The van der Waals surface area contributed by atoms with Crippen molar-refractivity contribution in [2.45, 2.75) is 50.8 Å². The summed E-state index contributed by atoms with van der Waals surface area (Å²) in [6.07, 6.45) is 8.84. The van der Waals surface area contributed by atoms with Crippen LogP contribution in [0.3, 0.4) is 0 Å². The highest BCUT2D eigenvalue weighted by atomic mass is 16.5. The lowest BCUT2D eigenvalue weighted by Crippen LogP contribution is -2.47. The predicted molar refractivity (Wildman–Crippen MR) is 105 cm³/mol. The lowest BCUT2D eigenvalue weighted by atomic mass is 10.0. The molecule has 0 spiro atoms. The van der Waals surface area contributed by atoms with Crippen molar-refractivity contribution in [3.8, 4) is 5.88 Å². The quantitative estimate of drug-likeness (QED) is 0.777. The molecule has 0 amide bonds. The van der Waals surface area contributed by atoms with Gasteiger partial charge in [-0.05, 0) is 25.7 Å². The molecule has 1 saturated carbocycles. The van der Waals surface area contributed by atoms with Gasteiger partial charge in [-0.2, -0.15) is 0 Å². The van der Waals surface area contributed by atoms with Gasteiger partial charge in [0.15, 0.2) is 0 Å². The van der Waals surface area contributed by atoms with Crippen LogP contribution >= 0.6 is 0 Å². The van der Waals surface area contributed by atoms with Crippen molar-refractivity contribution in [1.82, 2.24) is 19.9 Å². The monoisotopic (exact) mass is 382 g/mol. The van der Waals surface area contributed by atoms with Crippen LogP contribution in [-0.4, -0.2) is 58.8 Å².